The molecule has 3 rings (SSSR count). The quantitative estimate of drug-likeness (QED) is 0.800. The van der Waals surface area contributed by atoms with Crippen LogP contribution in [0.25, 0.3) is 11.0 Å². The summed E-state index contributed by atoms with van der Waals surface area (Å²) >= 11 is 0. The highest BCUT2D eigenvalue weighted by Gasteiger charge is 2.11. The van der Waals surface area contributed by atoms with E-state index in [2.05, 4.69) is 28.6 Å². The molecule has 0 saturated carbocycles. The summed E-state index contributed by atoms with van der Waals surface area (Å²) in [6.45, 7) is 4.71. The van der Waals surface area contributed by atoms with Gasteiger partial charge in [-0.05, 0) is 43.2 Å². The monoisotopic (exact) mass is 280 g/mol. The summed E-state index contributed by atoms with van der Waals surface area (Å²) in [6, 6.07) is 13.2. The van der Waals surface area contributed by atoms with E-state index in [4.69, 9.17) is 5.11 Å². The van der Waals surface area contributed by atoms with Crippen molar-refractivity contribution < 1.29 is 9.90 Å². The van der Waals surface area contributed by atoms with Gasteiger partial charge in [-0.1, -0.05) is 24.3 Å². The van der Waals surface area contributed by atoms with Gasteiger partial charge in [-0.25, -0.2) is 9.78 Å². The summed E-state index contributed by atoms with van der Waals surface area (Å²) in [4.78, 5) is 15.7. The van der Waals surface area contributed by atoms with Gasteiger partial charge < -0.3 is 9.67 Å². The van der Waals surface area contributed by atoms with Gasteiger partial charge in [0.2, 0.25) is 0 Å². The van der Waals surface area contributed by atoms with Crippen molar-refractivity contribution >= 4 is 17.0 Å². The number of fused-ring (bicyclic) bond motifs is 1. The average Bonchev–Trinajstić information content (AvgIpc) is 2.76. The Bertz CT molecular complexity index is 834. The lowest BCUT2D eigenvalue weighted by Gasteiger charge is -2.10. The number of rotatable bonds is 3. The molecule has 0 atom stereocenters. The van der Waals surface area contributed by atoms with Gasteiger partial charge in [-0.15, -0.1) is 0 Å². The summed E-state index contributed by atoms with van der Waals surface area (Å²) in [5.74, 6) is -0.0333. The van der Waals surface area contributed by atoms with E-state index in [0.717, 1.165) is 16.9 Å². The van der Waals surface area contributed by atoms with Gasteiger partial charge in [0, 0.05) is 6.54 Å². The van der Waals surface area contributed by atoms with E-state index in [0.29, 0.717) is 6.54 Å². The lowest BCUT2D eigenvalue weighted by molar-refractivity contribution is 0.0697. The summed E-state index contributed by atoms with van der Waals surface area (Å²) in [7, 11) is 0. The highest BCUT2D eigenvalue weighted by atomic mass is 16.4. The summed E-state index contributed by atoms with van der Waals surface area (Å²) in [5, 5.41) is 9.15. The van der Waals surface area contributed by atoms with Crippen molar-refractivity contribution in [2.45, 2.75) is 20.4 Å². The van der Waals surface area contributed by atoms with Gasteiger partial charge in [0.15, 0.2) is 0 Å². The number of nitrogens with zero attached hydrogens (tertiary/aromatic N) is 2. The van der Waals surface area contributed by atoms with Crippen LogP contribution in [0.15, 0.2) is 42.5 Å². The Kier molecular flexibility index (Phi) is 3.22. The highest BCUT2D eigenvalue weighted by Crippen LogP contribution is 2.20. The van der Waals surface area contributed by atoms with Crippen LogP contribution >= 0.6 is 0 Å². The van der Waals surface area contributed by atoms with Crippen LogP contribution < -0.4 is 0 Å². The van der Waals surface area contributed by atoms with Crippen molar-refractivity contribution in [3.05, 3.63) is 65.0 Å². The molecule has 0 saturated heterocycles. The minimum absolute atomic E-state index is 0.286. The number of aromatic nitrogens is 2. The second-order valence-electron chi connectivity index (χ2n) is 5.18. The third-order valence-corrected chi connectivity index (χ3v) is 3.78. The normalized spacial score (nSPS) is 11.0. The molecule has 3 aromatic rings. The Morgan fingerprint density at radius 2 is 1.95 bits per heavy atom. The number of benzene rings is 2. The number of hydrogen-bond donors (Lipinski definition) is 1. The minimum Gasteiger partial charge on any atom is -0.478 e. The summed E-state index contributed by atoms with van der Waals surface area (Å²) < 4.78 is 2.06. The first kappa shape index (κ1) is 13.4. The molecule has 0 bridgehead atoms. The minimum atomic E-state index is -0.918. The Hall–Kier alpha value is -2.62. The summed E-state index contributed by atoms with van der Waals surface area (Å²) in [5.41, 5.74) is 4.39. The first-order chi connectivity index (χ1) is 10.1. The molecule has 0 spiro atoms. The molecule has 0 aliphatic rings. The third-order valence-electron chi connectivity index (χ3n) is 3.78. The van der Waals surface area contributed by atoms with Crippen LogP contribution in [0.3, 0.4) is 0 Å². The maximum Gasteiger partial charge on any atom is 0.335 e. The molecule has 0 radical (unpaired) electrons. The zero-order valence-corrected chi connectivity index (χ0v) is 12.0. The maximum atomic E-state index is 11.1. The molecule has 0 unspecified atom stereocenters. The first-order valence-electron chi connectivity index (χ1n) is 6.81. The van der Waals surface area contributed by atoms with Gasteiger partial charge in [-0.2, -0.15) is 0 Å². The smallest absolute Gasteiger partial charge is 0.335 e. The molecule has 0 amide bonds. The molecular weight excluding hydrogens is 264 g/mol. The molecule has 4 heteroatoms. The van der Waals surface area contributed by atoms with Gasteiger partial charge >= 0.3 is 5.97 Å². The lowest BCUT2D eigenvalue weighted by Crippen LogP contribution is -2.04. The number of imidazole rings is 1. The number of carbonyl (C=O) groups is 1. The molecule has 4 nitrogen and oxygen atoms in total. The molecule has 0 fully saturated rings. The van der Waals surface area contributed by atoms with Gasteiger partial charge in [0.1, 0.15) is 5.82 Å². The zero-order chi connectivity index (χ0) is 15.0. The topological polar surface area (TPSA) is 55.1 Å². The second-order valence-corrected chi connectivity index (χ2v) is 5.18. The van der Waals surface area contributed by atoms with Gasteiger partial charge in [-0.3, -0.25) is 0 Å². The fourth-order valence-electron chi connectivity index (χ4n) is 2.53. The largest absolute Gasteiger partial charge is 0.478 e. The van der Waals surface area contributed by atoms with E-state index in [-0.39, 0.29) is 5.56 Å². The van der Waals surface area contributed by atoms with Crippen LogP contribution in [0.2, 0.25) is 0 Å². The van der Waals surface area contributed by atoms with E-state index in [1.165, 1.54) is 11.1 Å². The standard InChI is InChI=1S/C17H16N2O2/c1-11-5-3-4-6-14(11)10-19-12(2)18-15-8-7-13(17(20)21)9-16(15)19/h3-9H,10H2,1-2H3,(H,20,21). The van der Waals surface area contributed by atoms with Crippen LogP contribution in [0.1, 0.15) is 27.3 Å². The van der Waals surface area contributed by atoms with Crippen LogP contribution in [0, 0.1) is 13.8 Å². The Labute approximate surface area is 122 Å². The van der Waals surface area contributed by atoms with Crippen LogP contribution in [0.5, 0.6) is 0 Å². The van der Waals surface area contributed by atoms with Crippen LogP contribution in [-0.4, -0.2) is 20.6 Å². The predicted molar refractivity (Wildman–Crippen MR) is 81.7 cm³/mol. The third kappa shape index (κ3) is 2.40. The second kappa shape index (κ2) is 5.05. The average molecular weight is 280 g/mol. The zero-order valence-electron chi connectivity index (χ0n) is 12.0. The van der Waals surface area contributed by atoms with Crippen molar-refractivity contribution in [3.8, 4) is 0 Å². The van der Waals surface area contributed by atoms with Gasteiger partial charge in [0.05, 0.1) is 16.6 Å². The number of hydrogen-bond acceptors (Lipinski definition) is 2. The Balaban J connectivity index is 2.13. The van der Waals surface area contributed by atoms with E-state index in [1.807, 2.05) is 19.1 Å². The fourth-order valence-corrected chi connectivity index (χ4v) is 2.53. The molecule has 2 aromatic carbocycles. The molecule has 1 N–H and O–H groups in total. The Morgan fingerprint density at radius 1 is 1.19 bits per heavy atom. The first-order valence-corrected chi connectivity index (χ1v) is 6.81. The SMILES string of the molecule is Cc1ccccc1Cn1c(C)nc2ccc(C(=O)O)cc21. The van der Waals surface area contributed by atoms with Crippen LogP contribution in [0.4, 0.5) is 0 Å². The van der Waals surface area contributed by atoms with Crippen molar-refractivity contribution in [1.29, 1.82) is 0 Å². The number of aromatic carboxylic acids is 1. The molecule has 21 heavy (non-hydrogen) atoms. The fraction of sp³-hybridized carbons (Fsp3) is 0.176. The van der Waals surface area contributed by atoms with E-state index >= 15 is 0 Å². The molecule has 0 aliphatic heterocycles. The lowest BCUT2D eigenvalue weighted by atomic mass is 10.1. The van der Waals surface area contributed by atoms with Crippen molar-refractivity contribution in [2.75, 3.05) is 0 Å². The van der Waals surface area contributed by atoms with Crippen molar-refractivity contribution in [2.24, 2.45) is 0 Å². The van der Waals surface area contributed by atoms with E-state index in [9.17, 15) is 4.79 Å². The number of aryl methyl sites for hydroxylation is 2. The van der Waals surface area contributed by atoms with Crippen molar-refractivity contribution in [3.63, 3.8) is 0 Å². The summed E-state index contributed by atoms with van der Waals surface area (Å²) in [6.07, 6.45) is 0. The van der Waals surface area contributed by atoms with E-state index < -0.39 is 5.97 Å². The van der Waals surface area contributed by atoms with E-state index in [1.54, 1.807) is 18.2 Å². The number of carboxylic acid groups (broad SMARTS) is 1. The molecule has 0 aliphatic carbocycles. The molecule has 1 aromatic heterocycles. The van der Waals surface area contributed by atoms with Gasteiger partial charge in [0.25, 0.3) is 0 Å². The predicted octanol–water partition coefficient (Wildman–Crippen LogP) is 3.40. The molecule has 106 valence electrons. The molecular formula is C17H16N2O2. The maximum absolute atomic E-state index is 11.1. The van der Waals surface area contributed by atoms with Crippen LogP contribution in [-0.2, 0) is 6.54 Å². The highest BCUT2D eigenvalue weighted by molar-refractivity contribution is 5.92. The Morgan fingerprint density at radius 3 is 2.67 bits per heavy atom. The number of carboxylic acids is 1. The molecule has 1 heterocycles. The van der Waals surface area contributed by atoms with Crippen molar-refractivity contribution in [1.82, 2.24) is 9.55 Å².